The summed E-state index contributed by atoms with van der Waals surface area (Å²) in [5, 5.41) is 2.66. The average molecular weight is 314 g/mol. The lowest BCUT2D eigenvalue weighted by atomic mass is 10.0. The maximum atomic E-state index is 13.0. The lowest BCUT2D eigenvalue weighted by Crippen LogP contribution is -2.25. The summed E-state index contributed by atoms with van der Waals surface area (Å²) in [6, 6.07) is 9.95. The van der Waals surface area contributed by atoms with Crippen LogP contribution >= 0.6 is 0 Å². The van der Waals surface area contributed by atoms with Gasteiger partial charge in [0, 0.05) is 30.3 Å². The quantitative estimate of drug-likeness (QED) is 0.680. The molecular formula is C18H16F2N2O. The van der Waals surface area contributed by atoms with Crippen LogP contribution in [0.15, 0.2) is 42.6 Å². The molecule has 0 radical (unpaired) electrons. The standard InChI is InChI=1S/C18H16F2N2O/c19-12-14-6-5-9-16(17(14)13-20)18(23)22-11-4-2-8-15-7-1-3-10-21-15/h1,3,5-7,9-10H,4,11-13H2,(H,22,23). The third kappa shape index (κ3) is 4.62. The van der Waals surface area contributed by atoms with Crippen LogP contribution < -0.4 is 5.32 Å². The van der Waals surface area contributed by atoms with Crippen molar-refractivity contribution in [3.63, 3.8) is 0 Å². The van der Waals surface area contributed by atoms with Crippen LogP contribution in [-0.4, -0.2) is 17.4 Å². The van der Waals surface area contributed by atoms with Crippen LogP contribution in [0.2, 0.25) is 0 Å². The predicted molar refractivity (Wildman–Crippen MR) is 84.1 cm³/mol. The molecule has 118 valence electrons. The molecule has 1 heterocycles. The summed E-state index contributed by atoms with van der Waals surface area (Å²) in [4.78, 5) is 16.1. The van der Waals surface area contributed by atoms with Crippen molar-refractivity contribution in [3.05, 3.63) is 65.0 Å². The Hall–Kier alpha value is -2.74. The highest BCUT2D eigenvalue weighted by molar-refractivity contribution is 5.96. The Morgan fingerprint density at radius 2 is 2.00 bits per heavy atom. The van der Waals surface area contributed by atoms with Crippen molar-refractivity contribution in [2.45, 2.75) is 19.8 Å². The van der Waals surface area contributed by atoms with Gasteiger partial charge in [-0.1, -0.05) is 24.1 Å². The van der Waals surface area contributed by atoms with Gasteiger partial charge in [-0.05, 0) is 29.7 Å². The zero-order valence-corrected chi connectivity index (χ0v) is 12.5. The molecule has 1 N–H and O–H groups in total. The molecule has 1 amide bonds. The number of alkyl halides is 2. The molecule has 0 unspecified atom stereocenters. The van der Waals surface area contributed by atoms with Crippen LogP contribution in [0.4, 0.5) is 8.78 Å². The van der Waals surface area contributed by atoms with Crippen molar-refractivity contribution in [2.24, 2.45) is 0 Å². The SMILES string of the molecule is O=C(NCCC#Cc1ccccn1)c1cccc(CF)c1CF. The zero-order valence-electron chi connectivity index (χ0n) is 12.5. The van der Waals surface area contributed by atoms with Crippen molar-refractivity contribution in [3.8, 4) is 11.8 Å². The van der Waals surface area contributed by atoms with E-state index in [2.05, 4.69) is 22.1 Å². The van der Waals surface area contributed by atoms with E-state index in [1.165, 1.54) is 12.1 Å². The largest absolute Gasteiger partial charge is 0.351 e. The Labute approximate surface area is 133 Å². The molecular weight excluding hydrogens is 298 g/mol. The zero-order chi connectivity index (χ0) is 16.5. The first kappa shape index (κ1) is 16.6. The van der Waals surface area contributed by atoms with Crippen molar-refractivity contribution >= 4 is 5.91 Å². The van der Waals surface area contributed by atoms with Crippen LogP contribution in [0.5, 0.6) is 0 Å². The fourth-order valence-corrected chi connectivity index (χ4v) is 2.05. The van der Waals surface area contributed by atoms with Crippen LogP contribution in [0, 0.1) is 11.8 Å². The topological polar surface area (TPSA) is 42.0 Å². The number of nitrogens with one attached hydrogen (secondary N) is 1. The Morgan fingerprint density at radius 3 is 2.70 bits per heavy atom. The summed E-state index contributed by atoms with van der Waals surface area (Å²) in [5.74, 6) is 5.35. The van der Waals surface area contributed by atoms with Gasteiger partial charge in [0.1, 0.15) is 19.0 Å². The first-order chi connectivity index (χ1) is 11.3. The monoisotopic (exact) mass is 314 g/mol. The number of amides is 1. The fraction of sp³-hybridized carbons (Fsp3) is 0.222. The average Bonchev–Trinajstić information content (AvgIpc) is 2.61. The molecule has 1 aromatic carbocycles. The summed E-state index contributed by atoms with van der Waals surface area (Å²) >= 11 is 0. The minimum absolute atomic E-state index is 0.104. The second kappa shape index (κ2) is 8.64. The second-order valence-electron chi connectivity index (χ2n) is 4.73. The maximum absolute atomic E-state index is 13.0. The molecule has 0 aliphatic carbocycles. The molecule has 2 aromatic rings. The Balaban J connectivity index is 1.92. The minimum atomic E-state index is -0.873. The van der Waals surface area contributed by atoms with Crippen LogP contribution in [-0.2, 0) is 13.3 Å². The molecule has 0 spiro atoms. The number of benzene rings is 1. The molecule has 1 aromatic heterocycles. The number of rotatable bonds is 5. The van der Waals surface area contributed by atoms with Crippen LogP contribution in [0.25, 0.3) is 0 Å². The predicted octanol–water partition coefficient (Wildman–Crippen LogP) is 3.19. The first-order valence-electron chi connectivity index (χ1n) is 7.17. The number of hydrogen-bond donors (Lipinski definition) is 1. The minimum Gasteiger partial charge on any atom is -0.351 e. The third-order valence-corrected chi connectivity index (χ3v) is 3.21. The Kier molecular flexibility index (Phi) is 6.25. The molecule has 0 bridgehead atoms. The lowest BCUT2D eigenvalue weighted by molar-refractivity contribution is 0.0952. The van der Waals surface area contributed by atoms with Crippen LogP contribution in [0.1, 0.15) is 33.6 Å². The third-order valence-electron chi connectivity index (χ3n) is 3.21. The van der Waals surface area contributed by atoms with Crippen molar-refractivity contribution < 1.29 is 13.6 Å². The van der Waals surface area contributed by atoms with Gasteiger partial charge < -0.3 is 5.32 Å². The summed E-state index contributed by atoms with van der Waals surface area (Å²) in [7, 11) is 0. The van der Waals surface area contributed by atoms with E-state index in [-0.39, 0.29) is 16.7 Å². The number of carbonyl (C=O) groups is 1. The first-order valence-corrected chi connectivity index (χ1v) is 7.17. The van der Waals surface area contributed by atoms with Gasteiger partial charge >= 0.3 is 0 Å². The van der Waals surface area contributed by atoms with Gasteiger partial charge in [-0.2, -0.15) is 0 Å². The van der Waals surface area contributed by atoms with Crippen LogP contribution in [0.3, 0.4) is 0 Å². The van der Waals surface area contributed by atoms with Gasteiger partial charge in [0.15, 0.2) is 0 Å². The number of nitrogens with zero attached hydrogens (tertiary/aromatic N) is 1. The number of pyridine rings is 1. The van der Waals surface area contributed by atoms with Gasteiger partial charge in [0.2, 0.25) is 0 Å². The highest BCUT2D eigenvalue weighted by atomic mass is 19.1. The molecule has 0 fully saturated rings. The van der Waals surface area contributed by atoms with Gasteiger partial charge in [0.25, 0.3) is 5.91 Å². The number of halogens is 2. The molecule has 0 atom stereocenters. The fourth-order valence-electron chi connectivity index (χ4n) is 2.05. The normalized spacial score (nSPS) is 9.83. The van der Waals surface area contributed by atoms with E-state index in [0.717, 1.165) is 0 Å². The van der Waals surface area contributed by atoms with Gasteiger partial charge in [-0.15, -0.1) is 0 Å². The molecule has 5 heteroatoms. The highest BCUT2D eigenvalue weighted by Crippen LogP contribution is 2.17. The van der Waals surface area contributed by atoms with E-state index in [4.69, 9.17) is 0 Å². The van der Waals surface area contributed by atoms with E-state index < -0.39 is 19.3 Å². The van der Waals surface area contributed by atoms with Gasteiger partial charge in [-0.25, -0.2) is 13.8 Å². The number of aromatic nitrogens is 1. The molecule has 0 aliphatic rings. The number of carbonyl (C=O) groups excluding carboxylic acids is 1. The molecule has 0 aliphatic heterocycles. The van der Waals surface area contributed by atoms with E-state index in [1.807, 2.05) is 6.07 Å². The van der Waals surface area contributed by atoms with E-state index in [1.54, 1.807) is 24.4 Å². The molecule has 0 saturated carbocycles. The molecule has 3 nitrogen and oxygen atoms in total. The van der Waals surface area contributed by atoms with Gasteiger partial charge in [-0.3, -0.25) is 4.79 Å². The number of hydrogen-bond acceptors (Lipinski definition) is 2. The van der Waals surface area contributed by atoms with Crippen molar-refractivity contribution in [2.75, 3.05) is 6.54 Å². The maximum Gasteiger partial charge on any atom is 0.251 e. The summed E-state index contributed by atoms with van der Waals surface area (Å²) in [5.41, 5.74) is 1.14. The van der Waals surface area contributed by atoms with E-state index >= 15 is 0 Å². The Bertz CT molecular complexity index is 721. The molecule has 0 saturated heterocycles. The second-order valence-corrected chi connectivity index (χ2v) is 4.73. The van der Waals surface area contributed by atoms with Gasteiger partial charge in [0.05, 0.1) is 0 Å². The molecule has 2 rings (SSSR count). The Morgan fingerprint density at radius 1 is 1.13 bits per heavy atom. The molecule has 23 heavy (non-hydrogen) atoms. The highest BCUT2D eigenvalue weighted by Gasteiger charge is 2.14. The summed E-state index contributed by atoms with van der Waals surface area (Å²) < 4.78 is 25.9. The summed E-state index contributed by atoms with van der Waals surface area (Å²) in [6.45, 7) is -1.34. The van der Waals surface area contributed by atoms with Crippen molar-refractivity contribution in [1.29, 1.82) is 0 Å². The van der Waals surface area contributed by atoms with E-state index in [0.29, 0.717) is 18.7 Å². The van der Waals surface area contributed by atoms with Crippen molar-refractivity contribution in [1.82, 2.24) is 10.3 Å². The summed E-state index contributed by atoms with van der Waals surface area (Å²) in [6.07, 6.45) is 2.10. The van der Waals surface area contributed by atoms with E-state index in [9.17, 15) is 13.6 Å². The lowest BCUT2D eigenvalue weighted by Gasteiger charge is -2.10. The smallest absolute Gasteiger partial charge is 0.251 e.